The Labute approximate surface area is 160 Å². The molecule has 1 saturated heterocycles. The van der Waals surface area contributed by atoms with Gasteiger partial charge in [-0.1, -0.05) is 40.4 Å². The van der Waals surface area contributed by atoms with Gasteiger partial charge in [0.05, 0.1) is 35.8 Å². The van der Waals surface area contributed by atoms with Crippen molar-refractivity contribution in [3.63, 3.8) is 0 Å². The van der Waals surface area contributed by atoms with Crippen molar-refractivity contribution in [1.82, 2.24) is 10.6 Å². The summed E-state index contributed by atoms with van der Waals surface area (Å²) in [5, 5.41) is 5.61. The summed E-state index contributed by atoms with van der Waals surface area (Å²) in [6, 6.07) is 4.97. The molecule has 0 aromatic heterocycles. The van der Waals surface area contributed by atoms with E-state index in [4.69, 9.17) is 20.9 Å². The van der Waals surface area contributed by atoms with Crippen LogP contribution in [0.3, 0.4) is 0 Å². The highest BCUT2D eigenvalue weighted by atomic mass is 79.9. The lowest BCUT2D eigenvalue weighted by Gasteiger charge is -2.22. The first-order valence-electron chi connectivity index (χ1n) is 8.34. The molecule has 9 heteroatoms. The fraction of sp³-hybridized carbons (Fsp3) is 0.500. The molecule has 2 amide bonds. The van der Waals surface area contributed by atoms with Crippen molar-refractivity contribution in [1.29, 1.82) is 0 Å². The van der Waals surface area contributed by atoms with Crippen molar-refractivity contribution in [2.45, 2.75) is 37.9 Å². The van der Waals surface area contributed by atoms with Crippen molar-refractivity contribution in [3.05, 3.63) is 33.3 Å². The third-order valence-electron chi connectivity index (χ3n) is 4.34. The standard InChI is InChI=1S/C16H19BBrClN2O4/c18-10-5-6-12(19)11(7-10)16(23)20-8-15(22)21-9-17-24-13-3-1-2-4-14(13)25-17/h5-7,13-14H,1-4,8-9H2,(H,20,23)(H,21,22)/t13-,14+. The van der Waals surface area contributed by atoms with Gasteiger partial charge in [-0.3, -0.25) is 9.59 Å². The molecule has 1 aliphatic carbocycles. The molecule has 2 N–H and O–H groups in total. The third kappa shape index (κ3) is 4.97. The second-order valence-corrected chi connectivity index (χ2v) is 7.50. The van der Waals surface area contributed by atoms with Gasteiger partial charge in [0.2, 0.25) is 5.91 Å². The van der Waals surface area contributed by atoms with Crippen LogP contribution in [0.4, 0.5) is 0 Å². The zero-order valence-corrected chi connectivity index (χ0v) is 15.9. The van der Waals surface area contributed by atoms with Crippen LogP contribution in [0.25, 0.3) is 0 Å². The number of carbonyl (C=O) groups is 2. The lowest BCUT2D eigenvalue weighted by Crippen LogP contribution is -2.42. The summed E-state index contributed by atoms with van der Waals surface area (Å²) in [7, 11) is -0.410. The lowest BCUT2D eigenvalue weighted by molar-refractivity contribution is -0.119. The summed E-state index contributed by atoms with van der Waals surface area (Å²) in [4.78, 5) is 24.0. The van der Waals surface area contributed by atoms with Gasteiger partial charge in [0.1, 0.15) is 0 Å². The molecule has 2 aliphatic rings. The van der Waals surface area contributed by atoms with E-state index in [9.17, 15) is 9.59 Å². The number of nitrogens with one attached hydrogen (secondary N) is 2. The molecular formula is C16H19BBrClN2O4. The van der Waals surface area contributed by atoms with Gasteiger partial charge in [-0.2, -0.15) is 0 Å². The van der Waals surface area contributed by atoms with E-state index in [1.807, 2.05) is 0 Å². The Kier molecular flexibility index (Phi) is 6.38. The topological polar surface area (TPSA) is 76.7 Å². The van der Waals surface area contributed by atoms with E-state index < -0.39 is 13.0 Å². The smallest absolute Gasteiger partial charge is 0.405 e. The maximum absolute atomic E-state index is 12.1. The molecule has 2 atom stereocenters. The fourth-order valence-electron chi connectivity index (χ4n) is 3.08. The highest BCUT2D eigenvalue weighted by molar-refractivity contribution is 9.10. The van der Waals surface area contributed by atoms with E-state index in [-0.39, 0.29) is 31.1 Å². The van der Waals surface area contributed by atoms with Gasteiger partial charge in [0.25, 0.3) is 5.91 Å². The third-order valence-corrected chi connectivity index (χ3v) is 5.17. The quantitative estimate of drug-likeness (QED) is 0.705. The number of carbonyl (C=O) groups excluding carboxylic acids is 2. The zero-order chi connectivity index (χ0) is 17.8. The van der Waals surface area contributed by atoms with Crippen LogP contribution in [0.1, 0.15) is 36.0 Å². The van der Waals surface area contributed by atoms with Gasteiger partial charge in [-0.05, 0) is 31.0 Å². The number of benzene rings is 1. The van der Waals surface area contributed by atoms with Crippen molar-refractivity contribution in [3.8, 4) is 0 Å². The number of amides is 2. The summed E-state index contributed by atoms with van der Waals surface area (Å²) in [6.07, 6.45) is 4.92. The first-order valence-corrected chi connectivity index (χ1v) is 9.51. The fourth-order valence-corrected chi connectivity index (χ4v) is 3.64. The molecule has 1 aromatic rings. The summed E-state index contributed by atoms with van der Waals surface area (Å²) in [5.41, 5.74) is 0.315. The lowest BCUT2D eigenvalue weighted by atomic mass is 9.91. The van der Waals surface area contributed by atoms with Crippen LogP contribution in [0.15, 0.2) is 22.7 Å². The number of hydrogen-bond donors (Lipinski definition) is 2. The number of hydrogen-bond acceptors (Lipinski definition) is 4. The maximum Gasteiger partial charge on any atom is 0.478 e. The van der Waals surface area contributed by atoms with Gasteiger partial charge in [0, 0.05) is 4.47 Å². The number of halogens is 2. The van der Waals surface area contributed by atoms with E-state index in [0.29, 0.717) is 10.6 Å². The molecule has 0 radical (unpaired) electrons. The van der Waals surface area contributed by atoms with Gasteiger partial charge in [-0.15, -0.1) is 0 Å². The molecule has 1 aromatic carbocycles. The Balaban J connectivity index is 1.41. The van der Waals surface area contributed by atoms with Crippen LogP contribution in [0.2, 0.25) is 5.02 Å². The molecular weight excluding hydrogens is 410 g/mol. The van der Waals surface area contributed by atoms with Crippen LogP contribution in [-0.2, 0) is 14.1 Å². The minimum Gasteiger partial charge on any atom is -0.405 e. The largest absolute Gasteiger partial charge is 0.478 e. The van der Waals surface area contributed by atoms with E-state index >= 15 is 0 Å². The van der Waals surface area contributed by atoms with Crippen molar-refractivity contribution in [2.24, 2.45) is 0 Å². The van der Waals surface area contributed by atoms with Crippen molar-refractivity contribution >= 4 is 46.5 Å². The van der Waals surface area contributed by atoms with Crippen LogP contribution in [0, 0.1) is 0 Å². The van der Waals surface area contributed by atoms with E-state index in [1.54, 1.807) is 18.2 Å². The maximum atomic E-state index is 12.1. The molecule has 2 fully saturated rings. The van der Waals surface area contributed by atoms with Crippen molar-refractivity contribution in [2.75, 3.05) is 13.0 Å². The first-order chi connectivity index (χ1) is 12.0. The molecule has 0 unspecified atom stereocenters. The van der Waals surface area contributed by atoms with Crippen LogP contribution >= 0.6 is 27.5 Å². The summed E-state index contributed by atoms with van der Waals surface area (Å²) in [5.74, 6) is -0.706. The predicted octanol–water partition coefficient (Wildman–Crippen LogP) is 2.33. The zero-order valence-electron chi connectivity index (χ0n) is 13.6. The first kappa shape index (κ1) is 18.7. The Morgan fingerprint density at radius 3 is 2.56 bits per heavy atom. The summed E-state index contributed by atoms with van der Waals surface area (Å²) < 4.78 is 12.3. The van der Waals surface area contributed by atoms with E-state index in [0.717, 1.165) is 30.2 Å². The molecule has 1 heterocycles. The number of rotatable bonds is 5. The molecule has 1 aliphatic heterocycles. The average Bonchev–Trinajstić information content (AvgIpc) is 3.03. The molecule has 0 bridgehead atoms. The van der Waals surface area contributed by atoms with E-state index in [1.165, 1.54) is 0 Å². The monoisotopic (exact) mass is 428 g/mol. The minimum atomic E-state index is -0.410. The highest BCUT2D eigenvalue weighted by Gasteiger charge is 2.40. The van der Waals surface area contributed by atoms with Crippen LogP contribution in [-0.4, -0.2) is 44.1 Å². The van der Waals surface area contributed by atoms with Crippen molar-refractivity contribution < 1.29 is 18.9 Å². The average molecular weight is 430 g/mol. The number of fused-ring (bicyclic) bond motifs is 1. The second kappa shape index (κ2) is 8.53. The predicted molar refractivity (Wildman–Crippen MR) is 98.5 cm³/mol. The van der Waals surface area contributed by atoms with Gasteiger partial charge >= 0.3 is 7.12 Å². The summed E-state index contributed by atoms with van der Waals surface area (Å²) in [6.45, 7) is -0.138. The van der Waals surface area contributed by atoms with Crippen LogP contribution in [0.5, 0.6) is 0 Å². The Morgan fingerprint density at radius 1 is 1.20 bits per heavy atom. The SMILES string of the molecule is O=C(CNC(=O)c1cc(Br)ccc1Cl)NCB1O[C@H]2CCCC[C@H]2O1. The second-order valence-electron chi connectivity index (χ2n) is 6.17. The normalized spacial score (nSPS) is 22.4. The molecule has 25 heavy (non-hydrogen) atoms. The Bertz CT molecular complexity index is 649. The molecule has 6 nitrogen and oxygen atoms in total. The molecule has 1 saturated carbocycles. The molecule has 3 rings (SSSR count). The van der Waals surface area contributed by atoms with E-state index in [2.05, 4.69) is 26.6 Å². The van der Waals surface area contributed by atoms with Gasteiger partial charge in [0.15, 0.2) is 0 Å². The molecule has 0 spiro atoms. The van der Waals surface area contributed by atoms with Crippen LogP contribution < -0.4 is 10.6 Å². The van der Waals surface area contributed by atoms with Gasteiger partial charge < -0.3 is 19.9 Å². The molecule has 134 valence electrons. The summed E-state index contributed by atoms with van der Waals surface area (Å²) >= 11 is 9.29. The Morgan fingerprint density at radius 2 is 1.88 bits per heavy atom. The highest BCUT2D eigenvalue weighted by Crippen LogP contribution is 2.29. The minimum absolute atomic E-state index is 0.138. The Hall–Kier alpha value is -1.09. The van der Waals surface area contributed by atoms with Gasteiger partial charge in [-0.25, -0.2) is 0 Å².